The zero-order valence-electron chi connectivity index (χ0n) is 10.6. The summed E-state index contributed by atoms with van der Waals surface area (Å²) in [6.07, 6.45) is 2.19. The van der Waals surface area contributed by atoms with Crippen molar-refractivity contribution >= 4 is 5.91 Å². The molecule has 0 spiro atoms. The van der Waals surface area contributed by atoms with Gasteiger partial charge in [-0.3, -0.25) is 4.79 Å². The molecule has 4 heteroatoms. The van der Waals surface area contributed by atoms with E-state index >= 15 is 0 Å². The van der Waals surface area contributed by atoms with Crippen molar-refractivity contribution in [2.75, 3.05) is 13.2 Å². The molecule has 1 aromatic rings. The Bertz CT molecular complexity index is 404. The summed E-state index contributed by atoms with van der Waals surface area (Å²) < 4.78 is 5.40. The summed E-state index contributed by atoms with van der Waals surface area (Å²) in [4.78, 5) is 11.6. The van der Waals surface area contributed by atoms with Gasteiger partial charge in [0.05, 0.1) is 12.6 Å². The number of nitrogens with one attached hydrogen (secondary N) is 1. The van der Waals surface area contributed by atoms with E-state index in [-0.39, 0.29) is 25.2 Å². The number of ether oxygens (including phenoxy) is 1. The SMILES string of the molecule is C=CC[C@@H](CO)NC(=O)COc1ccccc1C. The fourth-order valence-corrected chi connectivity index (χ4v) is 1.51. The van der Waals surface area contributed by atoms with Crippen LogP contribution < -0.4 is 10.1 Å². The molecule has 0 aliphatic heterocycles. The second-order valence-corrected chi connectivity index (χ2v) is 4.03. The smallest absolute Gasteiger partial charge is 0.258 e. The number of benzene rings is 1. The zero-order valence-corrected chi connectivity index (χ0v) is 10.6. The van der Waals surface area contributed by atoms with Gasteiger partial charge < -0.3 is 15.2 Å². The van der Waals surface area contributed by atoms with E-state index < -0.39 is 0 Å². The number of amides is 1. The summed E-state index contributed by atoms with van der Waals surface area (Å²) in [7, 11) is 0. The molecule has 1 rings (SSSR count). The molecule has 0 bridgehead atoms. The third kappa shape index (κ3) is 4.59. The second kappa shape index (κ2) is 7.50. The molecule has 4 nitrogen and oxygen atoms in total. The van der Waals surface area contributed by atoms with Crippen LogP contribution in [-0.4, -0.2) is 30.3 Å². The molecular weight excluding hydrogens is 230 g/mol. The lowest BCUT2D eigenvalue weighted by molar-refractivity contribution is -0.124. The lowest BCUT2D eigenvalue weighted by Crippen LogP contribution is -2.39. The predicted molar refractivity (Wildman–Crippen MR) is 70.5 cm³/mol. The predicted octanol–water partition coefficient (Wildman–Crippen LogP) is 1.43. The van der Waals surface area contributed by atoms with E-state index in [1.54, 1.807) is 6.08 Å². The third-order valence-electron chi connectivity index (χ3n) is 2.49. The molecule has 1 amide bonds. The molecule has 0 radical (unpaired) electrons. The Morgan fingerprint density at radius 1 is 1.56 bits per heavy atom. The molecule has 1 atom stereocenters. The van der Waals surface area contributed by atoms with E-state index in [4.69, 9.17) is 9.84 Å². The van der Waals surface area contributed by atoms with Gasteiger partial charge in [0.15, 0.2) is 6.61 Å². The molecular formula is C14H19NO3. The fourth-order valence-electron chi connectivity index (χ4n) is 1.51. The molecule has 0 aliphatic carbocycles. The average Bonchev–Trinajstić information content (AvgIpc) is 2.37. The van der Waals surface area contributed by atoms with E-state index in [9.17, 15) is 4.79 Å². The first-order valence-electron chi connectivity index (χ1n) is 5.87. The van der Waals surface area contributed by atoms with Crippen molar-refractivity contribution in [1.29, 1.82) is 0 Å². The van der Waals surface area contributed by atoms with Crippen molar-refractivity contribution in [3.8, 4) is 5.75 Å². The van der Waals surface area contributed by atoms with Gasteiger partial charge >= 0.3 is 0 Å². The molecule has 0 fully saturated rings. The van der Waals surface area contributed by atoms with E-state index in [0.29, 0.717) is 12.2 Å². The van der Waals surface area contributed by atoms with Gasteiger partial charge in [-0.1, -0.05) is 24.3 Å². The van der Waals surface area contributed by atoms with Gasteiger partial charge in [-0.25, -0.2) is 0 Å². The van der Waals surface area contributed by atoms with E-state index in [2.05, 4.69) is 11.9 Å². The van der Waals surface area contributed by atoms with E-state index in [1.807, 2.05) is 31.2 Å². The zero-order chi connectivity index (χ0) is 13.4. The lowest BCUT2D eigenvalue weighted by Gasteiger charge is -2.15. The van der Waals surface area contributed by atoms with Gasteiger partial charge in [-0.05, 0) is 25.0 Å². The molecule has 0 saturated heterocycles. The molecule has 2 N–H and O–H groups in total. The van der Waals surface area contributed by atoms with Crippen molar-refractivity contribution in [2.24, 2.45) is 0 Å². The molecule has 0 aliphatic rings. The highest BCUT2D eigenvalue weighted by molar-refractivity contribution is 5.77. The number of aliphatic hydroxyl groups is 1. The first kappa shape index (κ1) is 14.3. The van der Waals surface area contributed by atoms with Crippen molar-refractivity contribution < 1.29 is 14.6 Å². The largest absolute Gasteiger partial charge is 0.484 e. The molecule has 0 heterocycles. The van der Waals surface area contributed by atoms with Crippen LogP contribution in [0.15, 0.2) is 36.9 Å². The normalized spacial score (nSPS) is 11.7. The van der Waals surface area contributed by atoms with Crippen molar-refractivity contribution in [2.45, 2.75) is 19.4 Å². The second-order valence-electron chi connectivity index (χ2n) is 4.03. The minimum atomic E-state index is -0.296. The molecule has 18 heavy (non-hydrogen) atoms. The van der Waals surface area contributed by atoms with Crippen LogP contribution in [-0.2, 0) is 4.79 Å². The molecule has 1 aromatic carbocycles. The number of carbonyl (C=O) groups is 1. The Hall–Kier alpha value is -1.81. The first-order valence-corrected chi connectivity index (χ1v) is 5.87. The van der Waals surface area contributed by atoms with Crippen molar-refractivity contribution in [1.82, 2.24) is 5.32 Å². The van der Waals surface area contributed by atoms with Gasteiger partial charge in [0, 0.05) is 0 Å². The standard InChI is InChI=1S/C14H19NO3/c1-3-6-12(9-16)15-14(17)10-18-13-8-5-4-7-11(13)2/h3-5,7-8,12,16H,1,6,9-10H2,2H3,(H,15,17)/t12-/m0/s1. The van der Waals surface area contributed by atoms with Crippen LogP contribution >= 0.6 is 0 Å². The van der Waals surface area contributed by atoms with Crippen LogP contribution in [0.25, 0.3) is 0 Å². The highest BCUT2D eigenvalue weighted by atomic mass is 16.5. The number of para-hydroxylation sites is 1. The maximum Gasteiger partial charge on any atom is 0.258 e. The van der Waals surface area contributed by atoms with Gasteiger partial charge in [0.2, 0.25) is 0 Å². The summed E-state index contributed by atoms with van der Waals surface area (Å²) in [5.74, 6) is 0.441. The number of rotatable bonds is 7. The average molecular weight is 249 g/mol. The Morgan fingerprint density at radius 3 is 2.89 bits per heavy atom. The Labute approximate surface area is 107 Å². The van der Waals surface area contributed by atoms with Crippen LogP contribution in [0.3, 0.4) is 0 Å². The van der Waals surface area contributed by atoms with Gasteiger partial charge in [-0.15, -0.1) is 6.58 Å². The van der Waals surface area contributed by atoms with Crippen LogP contribution in [0.2, 0.25) is 0 Å². The number of hydrogen-bond donors (Lipinski definition) is 2. The fraction of sp³-hybridized carbons (Fsp3) is 0.357. The highest BCUT2D eigenvalue weighted by Gasteiger charge is 2.10. The van der Waals surface area contributed by atoms with E-state index in [1.165, 1.54) is 0 Å². The first-order chi connectivity index (χ1) is 8.67. The molecule has 98 valence electrons. The summed E-state index contributed by atoms with van der Waals surface area (Å²) in [5, 5.41) is 11.7. The maximum atomic E-state index is 11.6. The van der Waals surface area contributed by atoms with Crippen molar-refractivity contribution in [3.63, 3.8) is 0 Å². The maximum absolute atomic E-state index is 11.6. The van der Waals surface area contributed by atoms with Crippen LogP contribution in [0, 0.1) is 6.92 Å². The summed E-state index contributed by atoms with van der Waals surface area (Å²) >= 11 is 0. The van der Waals surface area contributed by atoms with Crippen LogP contribution in [0.5, 0.6) is 5.75 Å². The van der Waals surface area contributed by atoms with Crippen LogP contribution in [0.1, 0.15) is 12.0 Å². The minimum absolute atomic E-state index is 0.0570. The van der Waals surface area contributed by atoms with E-state index in [0.717, 1.165) is 5.56 Å². The minimum Gasteiger partial charge on any atom is -0.484 e. The number of aryl methyl sites for hydroxylation is 1. The number of aliphatic hydroxyl groups excluding tert-OH is 1. The van der Waals surface area contributed by atoms with Gasteiger partial charge in [0.1, 0.15) is 5.75 Å². The van der Waals surface area contributed by atoms with Gasteiger partial charge in [0.25, 0.3) is 5.91 Å². The quantitative estimate of drug-likeness (QED) is 0.719. The Kier molecular flexibility index (Phi) is 5.94. The number of hydrogen-bond acceptors (Lipinski definition) is 3. The number of carbonyl (C=O) groups excluding carboxylic acids is 1. The van der Waals surface area contributed by atoms with Crippen molar-refractivity contribution in [3.05, 3.63) is 42.5 Å². The molecule has 0 aromatic heterocycles. The molecule has 0 saturated carbocycles. The molecule has 0 unspecified atom stereocenters. The topological polar surface area (TPSA) is 58.6 Å². The Balaban J connectivity index is 2.41. The Morgan fingerprint density at radius 2 is 2.28 bits per heavy atom. The summed E-state index contributed by atoms with van der Waals surface area (Å²) in [5.41, 5.74) is 0.982. The van der Waals surface area contributed by atoms with Gasteiger partial charge in [-0.2, -0.15) is 0 Å². The third-order valence-corrected chi connectivity index (χ3v) is 2.49. The summed E-state index contributed by atoms with van der Waals surface area (Å²) in [6.45, 7) is 5.32. The van der Waals surface area contributed by atoms with Crippen LogP contribution in [0.4, 0.5) is 0 Å². The lowest BCUT2D eigenvalue weighted by atomic mass is 10.2. The highest BCUT2D eigenvalue weighted by Crippen LogP contribution is 2.15. The summed E-state index contributed by atoms with van der Waals surface area (Å²) in [6, 6.07) is 7.20. The monoisotopic (exact) mass is 249 g/mol.